The van der Waals surface area contributed by atoms with Gasteiger partial charge >= 0.3 is 0 Å². The van der Waals surface area contributed by atoms with Crippen LogP contribution in [0.2, 0.25) is 0 Å². The van der Waals surface area contributed by atoms with Gasteiger partial charge in [-0.25, -0.2) is 12.8 Å². The zero-order valence-corrected chi connectivity index (χ0v) is 23.8. The summed E-state index contributed by atoms with van der Waals surface area (Å²) in [7, 11) is -4.15. The van der Waals surface area contributed by atoms with E-state index in [1.165, 1.54) is 35.2 Å². The van der Waals surface area contributed by atoms with Gasteiger partial charge in [-0.3, -0.25) is 13.9 Å². The molecule has 2 atom stereocenters. The highest BCUT2D eigenvalue weighted by Crippen LogP contribution is 2.25. The molecule has 2 amide bonds. The molecule has 0 heterocycles. The molecule has 0 aliphatic carbocycles. The van der Waals surface area contributed by atoms with E-state index in [4.69, 9.17) is 0 Å². The van der Waals surface area contributed by atoms with Gasteiger partial charge in [0.15, 0.2) is 0 Å². The van der Waals surface area contributed by atoms with Crippen molar-refractivity contribution in [3.8, 4) is 0 Å². The average molecular weight is 554 g/mol. The van der Waals surface area contributed by atoms with Crippen LogP contribution in [0.25, 0.3) is 0 Å². The number of carbonyl (C=O) groups excluding carboxylic acids is 2. The molecule has 0 saturated carbocycles. The minimum atomic E-state index is -4.15. The van der Waals surface area contributed by atoms with E-state index in [0.29, 0.717) is 12.1 Å². The highest BCUT2D eigenvalue weighted by atomic mass is 32.2. The number of benzene rings is 3. The molecule has 0 unspecified atom stereocenters. The van der Waals surface area contributed by atoms with Gasteiger partial charge in [0.1, 0.15) is 18.4 Å². The van der Waals surface area contributed by atoms with Gasteiger partial charge < -0.3 is 10.2 Å². The molecule has 0 bridgehead atoms. The SMILES string of the molecule is CC[C@@H](C)NC(=O)[C@@H](C)N(Cc1ccccc1F)C(=O)CN(c1ccc(C)cc1)S(=O)(=O)c1ccc(C)cc1. The number of sulfonamides is 1. The summed E-state index contributed by atoms with van der Waals surface area (Å²) in [6.07, 6.45) is 0.690. The second kappa shape index (κ2) is 12.9. The molecule has 9 heteroatoms. The van der Waals surface area contributed by atoms with E-state index in [1.807, 2.05) is 27.7 Å². The molecule has 0 fully saturated rings. The minimum absolute atomic E-state index is 0.0321. The number of amides is 2. The number of aryl methyl sites for hydroxylation is 2. The van der Waals surface area contributed by atoms with Crippen LogP contribution in [-0.4, -0.2) is 43.8 Å². The summed E-state index contributed by atoms with van der Waals surface area (Å²) in [5, 5.41) is 2.86. The zero-order valence-electron chi connectivity index (χ0n) is 23.0. The van der Waals surface area contributed by atoms with Gasteiger partial charge in [0.05, 0.1) is 10.6 Å². The number of hydrogen-bond acceptors (Lipinski definition) is 4. The first kappa shape index (κ1) is 29.8. The Hall–Kier alpha value is -3.72. The molecule has 0 spiro atoms. The number of nitrogens with zero attached hydrogens (tertiary/aromatic N) is 2. The molecule has 3 aromatic carbocycles. The normalized spacial score (nSPS) is 12.9. The van der Waals surface area contributed by atoms with Crippen LogP contribution in [0, 0.1) is 19.7 Å². The summed E-state index contributed by atoms with van der Waals surface area (Å²) in [6, 6.07) is 18.1. The number of nitrogens with one attached hydrogen (secondary N) is 1. The third kappa shape index (κ3) is 7.44. The Morgan fingerprint density at radius 2 is 1.46 bits per heavy atom. The highest BCUT2D eigenvalue weighted by Gasteiger charge is 2.33. The molecular formula is C30H36FN3O4S. The maximum Gasteiger partial charge on any atom is 0.264 e. The minimum Gasteiger partial charge on any atom is -0.352 e. The van der Waals surface area contributed by atoms with E-state index in [1.54, 1.807) is 49.4 Å². The molecule has 0 saturated heterocycles. The summed E-state index contributed by atoms with van der Waals surface area (Å²) in [5.74, 6) is -1.56. The van der Waals surface area contributed by atoms with Crippen LogP contribution >= 0.6 is 0 Å². The van der Waals surface area contributed by atoms with E-state index < -0.39 is 40.2 Å². The van der Waals surface area contributed by atoms with Crippen molar-refractivity contribution in [3.05, 3.63) is 95.3 Å². The second-order valence-electron chi connectivity index (χ2n) is 9.77. The van der Waals surface area contributed by atoms with E-state index in [0.717, 1.165) is 15.4 Å². The number of carbonyl (C=O) groups is 2. The predicted molar refractivity (Wildman–Crippen MR) is 151 cm³/mol. The smallest absolute Gasteiger partial charge is 0.264 e. The third-order valence-corrected chi connectivity index (χ3v) is 8.46. The molecule has 7 nitrogen and oxygen atoms in total. The van der Waals surface area contributed by atoms with Crippen molar-refractivity contribution < 1.29 is 22.4 Å². The molecule has 0 aromatic heterocycles. The Labute approximate surface area is 230 Å². The van der Waals surface area contributed by atoms with Crippen molar-refractivity contribution in [2.45, 2.75) is 64.6 Å². The van der Waals surface area contributed by atoms with Gasteiger partial charge in [0.25, 0.3) is 10.0 Å². The van der Waals surface area contributed by atoms with Crippen molar-refractivity contribution in [2.75, 3.05) is 10.8 Å². The van der Waals surface area contributed by atoms with E-state index in [9.17, 15) is 22.4 Å². The Morgan fingerprint density at radius 3 is 2.03 bits per heavy atom. The summed E-state index contributed by atoms with van der Waals surface area (Å²) >= 11 is 0. The standard InChI is InChI=1S/C30H36FN3O4S/c1-6-23(4)32-30(36)24(5)33(19-25-9-7-8-10-28(25)31)29(35)20-34(26-15-11-21(2)12-16-26)39(37,38)27-17-13-22(3)14-18-27/h7-18,23-24H,6,19-20H2,1-5H3,(H,32,36)/t23-,24-/m1/s1. The van der Waals surface area contributed by atoms with Gasteiger partial charge in [-0.1, -0.05) is 60.5 Å². The molecule has 0 radical (unpaired) electrons. The fourth-order valence-corrected chi connectivity index (χ4v) is 5.35. The summed E-state index contributed by atoms with van der Waals surface area (Å²) in [5.41, 5.74) is 2.34. The quantitative estimate of drug-likeness (QED) is 0.363. The van der Waals surface area contributed by atoms with Crippen LogP contribution in [0.15, 0.2) is 77.7 Å². The molecule has 0 aliphatic heterocycles. The number of halogens is 1. The van der Waals surface area contributed by atoms with Crippen LogP contribution < -0.4 is 9.62 Å². The van der Waals surface area contributed by atoms with Crippen molar-refractivity contribution in [1.29, 1.82) is 0 Å². The summed E-state index contributed by atoms with van der Waals surface area (Å²) in [4.78, 5) is 28.2. The first-order chi connectivity index (χ1) is 18.4. The van der Waals surface area contributed by atoms with Gasteiger partial charge in [0.2, 0.25) is 11.8 Å². The van der Waals surface area contributed by atoms with Gasteiger partial charge in [-0.2, -0.15) is 0 Å². The monoisotopic (exact) mass is 553 g/mol. The molecule has 0 aliphatic rings. The van der Waals surface area contributed by atoms with E-state index in [2.05, 4.69) is 5.32 Å². The van der Waals surface area contributed by atoms with Crippen molar-refractivity contribution >= 4 is 27.5 Å². The van der Waals surface area contributed by atoms with E-state index in [-0.39, 0.29) is 23.0 Å². The summed E-state index contributed by atoms with van der Waals surface area (Å²) < 4.78 is 43.2. The fourth-order valence-electron chi connectivity index (χ4n) is 3.94. The summed E-state index contributed by atoms with van der Waals surface area (Å²) in [6.45, 7) is 8.28. The largest absolute Gasteiger partial charge is 0.352 e. The predicted octanol–water partition coefficient (Wildman–Crippen LogP) is 4.97. The highest BCUT2D eigenvalue weighted by molar-refractivity contribution is 7.92. The van der Waals surface area contributed by atoms with Crippen molar-refractivity contribution in [2.24, 2.45) is 0 Å². The van der Waals surface area contributed by atoms with E-state index >= 15 is 0 Å². The zero-order chi connectivity index (χ0) is 28.7. The van der Waals surface area contributed by atoms with Gasteiger partial charge in [0, 0.05) is 18.2 Å². The van der Waals surface area contributed by atoms with Crippen molar-refractivity contribution in [3.63, 3.8) is 0 Å². The van der Waals surface area contributed by atoms with Gasteiger partial charge in [-0.15, -0.1) is 0 Å². The third-order valence-electron chi connectivity index (χ3n) is 6.68. The molecule has 3 rings (SSSR count). The Kier molecular flexibility index (Phi) is 9.86. The topological polar surface area (TPSA) is 86.8 Å². The lowest BCUT2D eigenvalue weighted by atomic mass is 10.1. The fraction of sp³-hybridized carbons (Fsp3) is 0.333. The van der Waals surface area contributed by atoms with Crippen LogP contribution in [0.4, 0.5) is 10.1 Å². The number of hydrogen-bond donors (Lipinski definition) is 1. The molecule has 1 N–H and O–H groups in total. The Morgan fingerprint density at radius 1 is 0.897 bits per heavy atom. The van der Waals surface area contributed by atoms with Gasteiger partial charge in [-0.05, 0) is 64.4 Å². The maximum atomic E-state index is 14.6. The van der Waals surface area contributed by atoms with Crippen LogP contribution in [0.5, 0.6) is 0 Å². The Bertz CT molecular complexity index is 1390. The maximum absolute atomic E-state index is 14.6. The van der Waals surface area contributed by atoms with Crippen LogP contribution in [0.3, 0.4) is 0 Å². The average Bonchev–Trinajstić information content (AvgIpc) is 2.91. The molecule has 3 aromatic rings. The lowest BCUT2D eigenvalue weighted by Gasteiger charge is -2.32. The lowest BCUT2D eigenvalue weighted by Crippen LogP contribution is -2.52. The van der Waals surface area contributed by atoms with Crippen LogP contribution in [0.1, 0.15) is 43.9 Å². The van der Waals surface area contributed by atoms with Crippen LogP contribution in [-0.2, 0) is 26.2 Å². The first-order valence-corrected chi connectivity index (χ1v) is 14.4. The second-order valence-corrected chi connectivity index (χ2v) is 11.6. The number of rotatable bonds is 11. The molecule has 208 valence electrons. The van der Waals surface area contributed by atoms with Crippen molar-refractivity contribution in [1.82, 2.24) is 10.2 Å². The Balaban J connectivity index is 2.03. The molecule has 39 heavy (non-hydrogen) atoms. The number of anilines is 1. The lowest BCUT2D eigenvalue weighted by molar-refractivity contribution is -0.139. The first-order valence-electron chi connectivity index (χ1n) is 12.9. The molecular weight excluding hydrogens is 517 g/mol.